The van der Waals surface area contributed by atoms with Crippen LogP contribution in [-0.4, -0.2) is 30.1 Å². The molecule has 0 fully saturated rings. The third kappa shape index (κ3) is 5.07. The molecule has 2 aromatic rings. The molecule has 8 nitrogen and oxygen atoms in total. The topological polar surface area (TPSA) is 93.2 Å². The third-order valence-corrected chi connectivity index (χ3v) is 3.83. The van der Waals surface area contributed by atoms with Gasteiger partial charge in [-0.25, -0.2) is 4.39 Å². The van der Waals surface area contributed by atoms with E-state index in [0.717, 1.165) is 5.56 Å². The summed E-state index contributed by atoms with van der Waals surface area (Å²) in [6, 6.07) is 11.4. The first kappa shape index (κ1) is 19.4. The van der Waals surface area contributed by atoms with Gasteiger partial charge < -0.3 is 19.6 Å². The zero-order valence-corrected chi connectivity index (χ0v) is 15.6. The van der Waals surface area contributed by atoms with E-state index in [4.69, 9.17) is 26.5 Å². The molecule has 1 amide bonds. The van der Waals surface area contributed by atoms with Crippen LogP contribution in [0.25, 0.3) is 0 Å². The smallest absolute Gasteiger partial charge is 0.279 e. The van der Waals surface area contributed by atoms with Crippen LogP contribution in [0.2, 0.25) is 0 Å². The summed E-state index contributed by atoms with van der Waals surface area (Å²) in [4.78, 5) is 16.8. The van der Waals surface area contributed by atoms with Crippen molar-refractivity contribution in [2.75, 3.05) is 18.7 Å². The number of hydrogen-bond acceptors (Lipinski definition) is 6. The number of ether oxygens (including phenoxy) is 2. The first-order valence-corrected chi connectivity index (χ1v) is 8.60. The van der Waals surface area contributed by atoms with Gasteiger partial charge >= 0.3 is 0 Å². The Balaban J connectivity index is 1.42. The second-order valence-corrected chi connectivity index (χ2v) is 6.03. The number of nitrogens with zero attached hydrogens (tertiary/aromatic N) is 1. The minimum absolute atomic E-state index is 0.0264. The molecule has 0 bridgehead atoms. The number of hydrazine groups is 1. The van der Waals surface area contributed by atoms with Crippen molar-refractivity contribution in [3.8, 4) is 11.5 Å². The number of amides is 1. The number of thiocarbonyl (C=S) groups is 1. The average molecular weight is 404 g/mol. The average Bonchev–Trinajstić information content (AvgIpc) is 3.16. The maximum Gasteiger partial charge on any atom is 0.279 e. The van der Waals surface area contributed by atoms with Crippen molar-refractivity contribution in [3.63, 3.8) is 0 Å². The van der Waals surface area contributed by atoms with Crippen molar-refractivity contribution in [2.45, 2.75) is 6.92 Å². The number of rotatable bonds is 5. The molecular weight excluding hydrogens is 387 g/mol. The lowest BCUT2D eigenvalue weighted by Crippen LogP contribution is -2.45. The summed E-state index contributed by atoms with van der Waals surface area (Å²) in [5.41, 5.74) is 6.31. The number of anilines is 1. The standard InChI is InChI=1S/C18H17FN4O4S/c1-11(12-6-7-15-16(8-12)26-10-25-15)23-27-9-17(24)21-22-18(28)20-14-5-3-2-4-13(14)19/h2-8H,9-10H2,1H3,(H,21,24)(H2,20,22,28)/b23-11-. The number of benzene rings is 2. The monoisotopic (exact) mass is 404 g/mol. The van der Waals surface area contributed by atoms with Crippen molar-refractivity contribution in [2.24, 2.45) is 5.16 Å². The molecule has 0 aromatic heterocycles. The highest BCUT2D eigenvalue weighted by atomic mass is 32.1. The van der Waals surface area contributed by atoms with Crippen LogP contribution in [-0.2, 0) is 9.63 Å². The van der Waals surface area contributed by atoms with E-state index in [2.05, 4.69) is 21.3 Å². The quantitative estimate of drug-likeness (QED) is 0.400. The first-order chi connectivity index (χ1) is 13.5. The van der Waals surface area contributed by atoms with E-state index in [1.807, 2.05) is 6.07 Å². The number of nitrogens with one attached hydrogen (secondary N) is 3. The number of carbonyl (C=O) groups excluding carboxylic acids is 1. The van der Waals surface area contributed by atoms with E-state index in [1.54, 1.807) is 31.2 Å². The van der Waals surface area contributed by atoms with Crippen molar-refractivity contribution in [3.05, 3.63) is 53.8 Å². The summed E-state index contributed by atoms with van der Waals surface area (Å²) in [6.07, 6.45) is 0. The van der Waals surface area contributed by atoms with E-state index >= 15 is 0 Å². The SMILES string of the molecule is C/C(=N/OCC(=O)NNC(=S)Nc1ccccc1F)c1ccc2c(c1)OCO2. The molecule has 3 rings (SSSR count). The Labute approximate surface area is 165 Å². The number of para-hydroxylation sites is 1. The van der Waals surface area contributed by atoms with Gasteiger partial charge in [-0.2, -0.15) is 0 Å². The molecule has 0 aliphatic carbocycles. The molecular formula is C18H17FN4O4S. The van der Waals surface area contributed by atoms with E-state index < -0.39 is 11.7 Å². The molecule has 1 aliphatic rings. The first-order valence-electron chi connectivity index (χ1n) is 8.20. The fourth-order valence-electron chi connectivity index (χ4n) is 2.24. The summed E-state index contributed by atoms with van der Waals surface area (Å²) >= 11 is 4.98. The second kappa shape index (κ2) is 9.00. The fraction of sp³-hybridized carbons (Fsp3) is 0.167. The van der Waals surface area contributed by atoms with E-state index in [9.17, 15) is 9.18 Å². The Morgan fingerprint density at radius 1 is 1.21 bits per heavy atom. The predicted molar refractivity (Wildman–Crippen MR) is 105 cm³/mol. The minimum atomic E-state index is -0.514. The van der Waals surface area contributed by atoms with Crippen LogP contribution in [0, 0.1) is 5.82 Å². The normalized spacial score (nSPS) is 12.3. The van der Waals surface area contributed by atoms with Crippen LogP contribution < -0.4 is 25.6 Å². The van der Waals surface area contributed by atoms with E-state index in [-0.39, 0.29) is 24.2 Å². The number of carbonyl (C=O) groups is 1. The van der Waals surface area contributed by atoms with Crippen molar-refractivity contribution < 1.29 is 23.5 Å². The molecule has 0 atom stereocenters. The van der Waals surface area contributed by atoms with E-state index in [1.165, 1.54) is 12.1 Å². The third-order valence-electron chi connectivity index (χ3n) is 3.62. The lowest BCUT2D eigenvalue weighted by molar-refractivity contribution is -0.126. The van der Waals surface area contributed by atoms with Gasteiger partial charge in [0.2, 0.25) is 6.79 Å². The molecule has 146 valence electrons. The van der Waals surface area contributed by atoms with Crippen LogP contribution in [0.3, 0.4) is 0 Å². The van der Waals surface area contributed by atoms with Gasteiger partial charge in [-0.1, -0.05) is 17.3 Å². The molecule has 0 saturated carbocycles. The van der Waals surface area contributed by atoms with Gasteiger partial charge in [0.1, 0.15) is 5.82 Å². The zero-order chi connectivity index (χ0) is 19.9. The van der Waals surface area contributed by atoms with Gasteiger partial charge in [0.25, 0.3) is 5.91 Å². The van der Waals surface area contributed by atoms with E-state index in [0.29, 0.717) is 17.2 Å². The van der Waals surface area contributed by atoms with Gasteiger partial charge in [0.05, 0.1) is 11.4 Å². The summed E-state index contributed by atoms with van der Waals surface area (Å²) in [6.45, 7) is 1.59. The predicted octanol–water partition coefficient (Wildman–Crippen LogP) is 2.31. The number of halogens is 1. The van der Waals surface area contributed by atoms with Crippen LogP contribution in [0.15, 0.2) is 47.6 Å². The van der Waals surface area contributed by atoms with Crippen molar-refractivity contribution in [1.82, 2.24) is 10.9 Å². The van der Waals surface area contributed by atoms with Crippen LogP contribution in [0.5, 0.6) is 11.5 Å². The largest absolute Gasteiger partial charge is 0.454 e. The van der Waals surface area contributed by atoms with Gasteiger partial charge in [-0.05, 0) is 49.5 Å². The maximum absolute atomic E-state index is 13.5. The second-order valence-electron chi connectivity index (χ2n) is 5.63. The van der Waals surface area contributed by atoms with Crippen molar-refractivity contribution >= 4 is 34.6 Å². The molecule has 0 unspecified atom stereocenters. The minimum Gasteiger partial charge on any atom is -0.454 e. The highest BCUT2D eigenvalue weighted by Gasteiger charge is 2.14. The Kier molecular flexibility index (Phi) is 6.22. The van der Waals surface area contributed by atoms with Gasteiger partial charge in [0, 0.05) is 5.56 Å². The highest BCUT2D eigenvalue weighted by molar-refractivity contribution is 7.80. The van der Waals surface area contributed by atoms with Gasteiger partial charge in [0.15, 0.2) is 23.2 Å². The molecule has 3 N–H and O–H groups in total. The number of oxime groups is 1. The Bertz CT molecular complexity index is 922. The Morgan fingerprint density at radius 2 is 2.00 bits per heavy atom. The number of hydrogen-bond donors (Lipinski definition) is 3. The summed E-state index contributed by atoms with van der Waals surface area (Å²) in [5, 5.41) is 6.55. The fourth-order valence-corrected chi connectivity index (χ4v) is 2.40. The molecule has 2 aromatic carbocycles. The Hall–Kier alpha value is -3.40. The maximum atomic E-state index is 13.5. The lowest BCUT2D eigenvalue weighted by atomic mass is 10.1. The summed E-state index contributed by atoms with van der Waals surface area (Å²) in [5.74, 6) is 0.322. The number of fused-ring (bicyclic) bond motifs is 1. The van der Waals surface area contributed by atoms with Gasteiger partial charge in [-0.15, -0.1) is 0 Å². The lowest BCUT2D eigenvalue weighted by Gasteiger charge is -2.11. The molecule has 28 heavy (non-hydrogen) atoms. The summed E-state index contributed by atoms with van der Waals surface area (Å²) < 4.78 is 24.1. The molecule has 0 saturated heterocycles. The van der Waals surface area contributed by atoms with Crippen LogP contribution in [0.1, 0.15) is 12.5 Å². The van der Waals surface area contributed by atoms with Gasteiger partial charge in [-0.3, -0.25) is 15.6 Å². The molecule has 10 heteroatoms. The molecule has 0 radical (unpaired) electrons. The summed E-state index contributed by atoms with van der Waals surface area (Å²) in [7, 11) is 0. The highest BCUT2D eigenvalue weighted by Crippen LogP contribution is 2.32. The zero-order valence-electron chi connectivity index (χ0n) is 14.8. The van der Waals surface area contributed by atoms with Crippen LogP contribution in [0.4, 0.5) is 10.1 Å². The molecule has 1 aliphatic heterocycles. The van der Waals surface area contributed by atoms with Crippen molar-refractivity contribution in [1.29, 1.82) is 0 Å². The van der Waals surface area contributed by atoms with Crippen LogP contribution >= 0.6 is 12.2 Å². The Morgan fingerprint density at radius 3 is 2.82 bits per heavy atom. The molecule has 0 spiro atoms. The molecule has 1 heterocycles.